The van der Waals surface area contributed by atoms with E-state index in [0.717, 1.165) is 0 Å². The predicted molar refractivity (Wildman–Crippen MR) is 79.6 cm³/mol. The fourth-order valence-corrected chi connectivity index (χ4v) is 2.19. The molecule has 2 unspecified atom stereocenters. The number of carboxylic acid groups (broad SMARTS) is 1. The first-order valence-electron chi connectivity index (χ1n) is 6.57. The van der Waals surface area contributed by atoms with Crippen molar-refractivity contribution >= 4 is 29.5 Å². The molecule has 2 atom stereocenters. The summed E-state index contributed by atoms with van der Waals surface area (Å²) in [5.74, 6) is -0.940. The first kappa shape index (κ1) is 18.8. The molecule has 0 aliphatic heterocycles. The van der Waals surface area contributed by atoms with E-state index < -0.39 is 24.0 Å². The van der Waals surface area contributed by atoms with Crippen molar-refractivity contribution in [3.05, 3.63) is 0 Å². The summed E-state index contributed by atoms with van der Waals surface area (Å²) in [6, 6.07) is -1.61. The lowest BCUT2D eigenvalue weighted by Gasteiger charge is -2.21. The number of carbonyl (C=O) groups excluding carboxylic acids is 2. The van der Waals surface area contributed by atoms with Crippen LogP contribution in [0, 0.1) is 5.92 Å². The van der Waals surface area contributed by atoms with Gasteiger partial charge in [-0.2, -0.15) is 11.8 Å². The van der Waals surface area contributed by atoms with E-state index >= 15 is 0 Å². The second kappa shape index (κ2) is 9.63. The minimum absolute atomic E-state index is 0.154. The summed E-state index contributed by atoms with van der Waals surface area (Å²) in [5, 5.41) is 14.2. The minimum Gasteiger partial charge on any atom is -0.480 e. The Labute approximate surface area is 124 Å². The van der Waals surface area contributed by atoms with Crippen molar-refractivity contribution < 1.29 is 19.5 Å². The second-order valence-corrected chi connectivity index (χ2v) is 6.05. The molecule has 0 saturated carbocycles. The van der Waals surface area contributed by atoms with E-state index in [-0.39, 0.29) is 11.8 Å². The summed E-state index contributed by atoms with van der Waals surface area (Å²) in [5.41, 5.74) is 0. The predicted octanol–water partition coefficient (Wildman–Crippen LogP) is 0.860. The Morgan fingerprint density at radius 2 is 1.75 bits per heavy atom. The van der Waals surface area contributed by atoms with Crippen LogP contribution in [-0.4, -0.2) is 47.0 Å². The monoisotopic (exact) mass is 304 g/mol. The molecule has 7 heteroatoms. The van der Waals surface area contributed by atoms with Gasteiger partial charge in [0.15, 0.2) is 0 Å². The summed E-state index contributed by atoms with van der Waals surface area (Å²) < 4.78 is 0. The number of aliphatic carboxylic acids is 1. The first-order chi connectivity index (χ1) is 9.27. The molecule has 0 aromatic rings. The molecule has 0 spiro atoms. The Bertz CT molecular complexity index is 347. The maximum Gasteiger partial charge on any atom is 0.326 e. The number of carboxylic acids is 1. The van der Waals surface area contributed by atoms with Crippen LogP contribution in [0.15, 0.2) is 0 Å². The Morgan fingerprint density at radius 1 is 1.15 bits per heavy atom. The van der Waals surface area contributed by atoms with Crippen molar-refractivity contribution in [1.82, 2.24) is 10.6 Å². The third kappa shape index (κ3) is 8.04. The molecule has 116 valence electrons. The smallest absolute Gasteiger partial charge is 0.326 e. The van der Waals surface area contributed by atoms with Crippen molar-refractivity contribution in [1.29, 1.82) is 0 Å². The fraction of sp³-hybridized carbons (Fsp3) is 0.769. The van der Waals surface area contributed by atoms with Crippen LogP contribution >= 0.6 is 11.8 Å². The molecule has 0 aliphatic rings. The number of rotatable bonds is 9. The number of thioether (sulfide) groups is 1. The van der Waals surface area contributed by atoms with Gasteiger partial charge in [0.2, 0.25) is 11.8 Å². The third-order valence-corrected chi connectivity index (χ3v) is 3.27. The molecule has 0 fully saturated rings. The zero-order chi connectivity index (χ0) is 15.7. The van der Waals surface area contributed by atoms with Gasteiger partial charge in [0.25, 0.3) is 0 Å². The lowest BCUT2D eigenvalue weighted by molar-refractivity contribution is -0.142. The van der Waals surface area contributed by atoms with Gasteiger partial charge in [-0.1, -0.05) is 13.8 Å². The number of amides is 2. The molecule has 0 aliphatic carbocycles. The van der Waals surface area contributed by atoms with Gasteiger partial charge in [-0.3, -0.25) is 9.59 Å². The van der Waals surface area contributed by atoms with Gasteiger partial charge < -0.3 is 15.7 Å². The van der Waals surface area contributed by atoms with Gasteiger partial charge >= 0.3 is 5.97 Å². The van der Waals surface area contributed by atoms with Crippen molar-refractivity contribution in [2.24, 2.45) is 5.92 Å². The van der Waals surface area contributed by atoms with E-state index in [0.29, 0.717) is 18.6 Å². The molecule has 0 saturated heterocycles. The molecule has 0 radical (unpaired) electrons. The van der Waals surface area contributed by atoms with Gasteiger partial charge in [-0.05, 0) is 30.8 Å². The Balaban J connectivity index is 4.68. The highest BCUT2D eigenvalue weighted by Gasteiger charge is 2.26. The van der Waals surface area contributed by atoms with Gasteiger partial charge in [0.05, 0.1) is 0 Å². The van der Waals surface area contributed by atoms with Crippen LogP contribution in [0.4, 0.5) is 0 Å². The topological polar surface area (TPSA) is 95.5 Å². The molecular formula is C13H24N2O4S. The maximum absolute atomic E-state index is 12.1. The molecular weight excluding hydrogens is 280 g/mol. The Hall–Kier alpha value is -1.24. The minimum atomic E-state index is -1.06. The summed E-state index contributed by atoms with van der Waals surface area (Å²) in [6.07, 6.45) is 2.73. The molecule has 2 amide bonds. The normalized spacial score (nSPS) is 13.7. The quantitative estimate of drug-likeness (QED) is 0.587. The Morgan fingerprint density at radius 3 is 2.15 bits per heavy atom. The highest BCUT2D eigenvalue weighted by molar-refractivity contribution is 7.98. The molecule has 0 aromatic heterocycles. The lowest BCUT2D eigenvalue weighted by Crippen LogP contribution is -2.51. The van der Waals surface area contributed by atoms with Crippen LogP contribution in [-0.2, 0) is 14.4 Å². The lowest BCUT2D eigenvalue weighted by atomic mass is 10.0. The van der Waals surface area contributed by atoms with Gasteiger partial charge in [0, 0.05) is 6.92 Å². The standard InChI is InChI=1S/C13H24N2O4S/c1-8(2)7-11(13(18)19)15-12(17)10(5-6-20-4)14-9(3)16/h8,10-11H,5-7H2,1-4H3,(H,14,16)(H,15,17)(H,18,19). The highest BCUT2D eigenvalue weighted by Crippen LogP contribution is 2.07. The molecule has 0 rings (SSSR count). The van der Waals surface area contributed by atoms with Crippen LogP contribution in [0.2, 0.25) is 0 Å². The van der Waals surface area contributed by atoms with E-state index in [2.05, 4.69) is 10.6 Å². The number of carbonyl (C=O) groups is 3. The highest BCUT2D eigenvalue weighted by atomic mass is 32.2. The summed E-state index contributed by atoms with van der Waals surface area (Å²) in [4.78, 5) is 34.3. The van der Waals surface area contributed by atoms with E-state index in [1.807, 2.05) is 20.1 Å². The summed E-state index contributed by atoms with van der Waals surface area (Å²) >= 11 is 1.56. The number of nitrogens with one attached hydrogen (secondary N) is 2. The van der Waals surface area contributed by atoms with Gasteiger partial charge in [-0.25, -0.2) is 4.79 Å². The van der Waals surface area contributed by atoms with Gasteiger partial charge in [-0.15, -0.1) is 0 Å². The summed E-state index contributed by atoms with van der Waals surface area (Å²) in [7, 11) is 0. The van der Waals surface area contributed by atoms with Crippen molar-refractivity contribution in [2.45, 2.75) is 45.7 Å². The van der Waals surface area contributed by atoms with E-state index in [1.165, 1.54) is 6.92 Å². The molecule has 20 heavy (non-hydrogen) atoms. The third-order valence-electron chi connectivity index (χ3n) is 2.63. The summed E-state index contributed by atoms with van der Waals surface area (Å²) in [6.45, 7) is 5.12. The molecule has 0 heterocycles. The van der Waals surface area contributed by atoms with Crippen LogP contribution in [0.25, 0.3) is 0 Å². The van der Waals surface area contributed by atoms with Crippen molar-refractivity contribution in [3.8, 4) is 0 Å². The zero-order valence-corrected chi connectivity index (χ0v) is 13.3. The van der Waals surface area contributed by atoms with Crippen LogP contribution in [0.1, 0.15) is 33.6 Å². The molecule has 6 nitrogen and oxygen atoms in total. The first-order valence-corrected chi connectivity index (χ1v) is 7.96. The van der Waals surface area contributed by atoms with Crippen molar-refractivity contribution in [2.75, 3.05) is 12.0 Å². The maximum atomic E-state index is 12.1. The average molecular weight is 304 g/mol. The van der Waals surface area contributed by atoms with E-state index in [9.17, 15) is 14.4 Å². The number of hydrogen-bond donors (Lipinski definition) is 3. The molecule has 3 N–H and O–H groups in total. The van der Waals surface area contributed by atoms with Crippen LogP contribution in [0.5, 0.6) is 0 Å². The SMILES string of the molecule is CSCCC(NC(C)=O)C(=O)NC(CC(C)C)C(=O)O. The Kier molecular flexibility index (Phi) is 9.03. The van der Waals surface area contributed by atoms with Crippen LogP contribution < -0.4 is 10.6 Å². The average Bonchev–Trinajstić information content (AvgIpc) is 2.32. The number of hydrogen-bond acceptors (Lipinski definition) is 4. The largest absolute Gasteiger partial charge is 0.480 e. The molecule has 0 aromatic carbocycles. The van der Waals surface area contributed by atoms with Crippen LogP contribution in [0.3, 0.4) is 0 Å². The van der Waals surface area contributed by atoms with E-state index in [1.54, 1.807) is 11.8 Å². The second-order valence-electron chi connectivity index (χ2n) is 5.06. The van der Waals surface area contributed by atoms with Gasteiger partial charge in [0.1, 0.15) is 12.1 Å². The fourth-order valence-electron chi connectivity index (χ4n) is 1.72. The molecule has 0 bridgehead atoms. The zero-order valence-electron chi connectivity index (χ0n) is 12.4. The van der Waals surface area contributed by atoms with Crippen molar-refractivity contribution in [3.63, 3.8) is 0 Å². The van der Waals surface area contributed by atoms with E-state index in [4.69, 9.17) is 5.11 Å².